The second-order valence-corrected chi connectivity index (χ2v) is 8.81. The molecule has 0 aliphatic rings. The Morgan fingerprint density at radius 1 is 1.08 bits per heavy atom. The Hall–Kier alpha value is -4.73. The number of nitrogens with one attached hydrogen (secondary N) is 2. The summed E-state index contributed by atoms with van der Waals surface area (Å²) < 4.78 is 23.5. The highest BCUT2D eigenvalue weighted by atomic mass is 19.1. The number of nitrogens with zero attached hydrogens (tertiary/aromatic N) is 3. The summed E-state index contributed by atoms with van der Waals surface area (Å²) in [6.45, 7) is 5.39. The van der Waals surface area contributed by atoms with Crippen LogP contribution in [0, 0.1) is 18.7 Å². The van der Waals surface area contributed by atoms with Crippen LogP contribution in [0.25, 0.3) is 5.69 Å². The first-order valence-electron chi connectivity index (χ1n) is 12.1. The van der Waals surface area contributed by atoms with Crippen molar-refractivity contribution < 1.29 is 18.7 Å². The van der Waals surface area contributed by atoms with Crippen molar-refractivity contribution in [1.82, 2.24) is 14.3 Å². The molecule has 0 spiro atoms. The van der Waals surface area contributed by atoms with Gasteiger partial charge in [0.1, 0.15) is 17.1 Å². The first kappa shape index (κ1) is 26.3. The van der Waals surface area contributed by atoms with E-state index in [-0.39, 0.29) is 40.4 Å². The van der Waals surface area contributed by atoms with E-state index in [4.69, 9.17) is 4.74 Å². The molecule has 0 saturated heterocycles. The molecule has 2 amide bonds. The minimum Gasteiger partial charge on any atom is -0.454 e. The number of amides is 2. The molecule has 2 aromatic heterocycles. The van der Waals surface area contributed by atoms with Crippen LogP contribution in [0.3, 0.4) is 0 Å². The summed E-state index contributed by atoms with van der Waals surface area (Å²) >= 11 is 0. The molecule has 0 bridgehead atoms. The summed E-state index contributed by atoms with van der Waals surface area (Å²) in [5, 5.41) is 5.30. The standard InChI is InChI=1S/C28H28FN5O4/c1-5-17(2)26(35)32-24-16-21(13-14-30-24)38-23-12-11-19(15-22(23)29)31-27(36)25-18(3)33(4)34(28(25)37)20-9-7-6-8-10-20/h6-17H,5H2,1-4H3,(H,31,36)(H,30,32,35). The number of benzene rings is 2. The normalized spacial score (nSPS) is 11.6. The van der Waals surface area contributed by atoms with Crippen molar-refractivity contribution in [2.24, 2.45) is 13.0 Å². The van der Waals surface area contributed by atoms with Gasteiger partial charge in [-0.3, -0.25) is 19.1 Å². The molecule has 0 radical (unpaired) electrons. The van der Waals surface area contributed by atoms with E-state index in [1.807, 2.05) is 19.9 Å². The predicted octanol–water partition coefficient (Wildman–Crippen LogP) is 5.05. The maximum absolute atomic E-state index is 14.9. The molecule has 4 aromatic rings. The van der Waals surface area contributed by atoms with Crippen LogP contribution < -0.4 is 20.9 Å². The van der Waals surface area contributed by atoms with Gasteiger partial charge in [0.25, 0.3) is 11.5 Å². The van der Waals surface area contributed by atoms with Crippen LogP contribution in [0.15, 0.2) is 71.7 Å². The summed E-state index contributed by atoms with van der Waals surface area (Å²) in [5.74, 6) is -1.25. The number of rotatable bonds is 8. The van der Waals surface area contributed by atoms with Gasteiger partial charge in [-0.2, -0.15) is 0 Å². The highest BCUT2D eigenvalue weighted by Gasteiger charge is 2.22. The smallest absolute Gasteiger partial charge is 0.284 e. The fourth-order valence-electron chi connectivity index (χ4n) is 3.79. The SMILES string of the molecule is CCC(C)C(=O)Nc1cc(Oc2ccc(NC(=O)c3c(C)n(C)n(-c4ccccc4)c3=O)cc2F)ccn1. The van der Waals surface area contributed by atoms with Gasteiger partial charge in [0.15, 0.2) is 11.6 Å². The number of ether oxygens (including phenoxy) is 1. The fraction of sp³-hybridized carbons (Fsp3) is 0.214. The van der Waals surface area contributed by atoms with Crippen molar-refractivity contribution in [2.45, 2.75) is 27.2 Å². The third kappa shape index (κ3) is 5.49. The molecule has 10 heteroatoms. The summed E-state index contributed by atoms with van der Waals surface area (Å²) in [7, 11) is 1.69. The topological polar surface area (TPSA) is 107 Å². The largest absolute Gasteiger partial charge is 0.454 e. The number of anilines is 2. The quantitative estimate of drug-likeness (QED) is 0.340. The van der Waals surface area contributed by atoms with E-state index >= 15 is 0 Å². The summed E-state index contributed by atoms with van der Waals surface area (Å²) in [6.07, 6.45) is 2.13. The first-order valence-corrected chi connectivity index (χ1v) is 12.1. The lowest BCUT2D eigenvalue weighted by atomic mass is 10.1. The average molecular weight is 518 g/mol. The number of hydrogen-bond donors (Lipinski definition) is 2. The van der Waals surface area contributed by atoms with Crippen LogP contribution in [-0.4, -0.2) is 26.2 Å². The highest BCUT2D eigenvalue weighted by Crippen LogP contribution is 2.28. The van der Waals surface area contributed by atoms with E-state index < -0.39 is 17.3 Å². The van der Waals surface area contributed by atoms with Gasteiger partial charge in [-0.15, -0.1) is 0 Å². The molecule has 2 aromatic carbocycles. The van der Waals surface area contributed by atoms with Crippen LogP contribution in [0.1, 0.15) is 36.3 Å². The second kappa shape index (κ2) is 11.1. The second-order valence-electron chi connectivity index (χ2n) is 8.81. The van der Waals surface area contributed by atoms with E-state index in [9.17, 15) is 18.8 Å². The van der Waals surface area contributed by atoms with Gasteiger partial charge < -0.3 is 15.4 Å². The summed E-state index contributed by atoms with van der Waals surface area (Å²) in [4.78, 5) is 42.3. The molecule has 4 rings (SSSR count). The van der Waals surface area contributed by atoms with E-state index in [2.05, 4.69) is 15.6 Å². The number of para-hydroxylation sites is 1. The Bertz CT molecular complexity index is 1540. The number of aromatic nitrogens is 3. The van der Waals surface area contributed by atoms with Crippen LogP contribution in [0.2, 0.25) is 0 Å². The average Bonchev–Trinajstić information content (AvgIpc) is 3.13. The third-order valence-electron chi connectivity index (χ3n) is 6.24. The molecule has 2 heterocycles. The zero-order valence-electron chi connectivity index (χ0n) is 21.5. The zero-order valence-corrected chi connectivity index (χ0v) is 21.5. The Morgan fingerprint density at radius 2 is 1.82 bits per heavy atom. The minimum atomic E-state index is -0.726. The van der Waals surface area contributed by atoms with E-state index in [1.54, 1.807) is 42.9 Å². The van der Waals surface area contributed by atoms with E-state index in [1.165, 1.54) is 35.1 Å². The molecule has 38 heavy (non-hydrogen) atoms. The maximum atomic E-state index is 14.9. The first-order chi connectivity index (χ1) is 18.2. The summed E-state index contributed by atoms with van der Waals surface area (Å²) in [5.41, 5.74) is 0.716. The van der Waals surface area contributed by atoms with Gasteiger partial charge >= 0.3 is 0 Å². The molecular weight excluding hydrogens is 489 g/mol. The molecule has 0 fully saturated rings. The van der Waals surface area contributed by atoms with Crippen LogP contribution >= 0.6 is 0 Å². The molecule has 1 atom stereocenters. The molecule has 0 saturated carbocycles. The van der Waals surface area contributed by atoms with Gasteiger partial charge in [-0.05, 0) is 43.7 Å². The molecule has 1 unspecified atom stereocenters. The summed E-state index contributed by atoms with van der Waals surface area (Å²) in [6, 6.07) is 15.9. The maximum Gasteiger partial charge on any atom is 0.284 e. The van der Waals surface area contributed by atoms with Crippen molar-refractivity contribution in [3.8, 4) is 17.2 Å². The number of carbonyl (C=O) groups excluding carboxylic acids is 2. The number of halogens is 1. The van der Waals surface area contributed by atoms with E-state index in [0.717, 1.165) is 6.07 Å². The molecule has 196 valence electrons. The lowest BCUT2D eigenvalue weighted by Gasteiger charge is -2.12. The van der Waals surface area contributed by atoms with Crippen LogP contribution in [-0.2, 0) is 11.8 Å². The number of carbonyl (C=O) groups is 2. The van der Waals surface area contributed by atoms with E-state index in [0.29, 0.717) is 17.8 Å². The minimum absolute atomic E-state index is 0.0409. The van der Waals surface area contributed by atoms with Crippen molar-refractivity contribution in [3.05, 3.63) is 94.3 Å². The van der Waals surface area contributed by atoms with Gasteiger partial charge in [-0.1, -0.05) is 32.0 Å². The lowest BCUT2D eigenvalue weighted by Crippen LogP contribution is -2.25. The lowest BCUT2D eigenvalue weighted by molar-refractivity contribution is -0.119. The predicted molar refractivity (Wildman–Crippen MR) is 142 cm³/mol. The van der Waals surface area contributed by atoms with Crippen molar-refractivity contribution >= 4 is 23.3 Å². The molecule has 0 aliphatic heterocycles. The van der Waals surface area contributed by atoms with Crippen LogP contribution in [0.5, 0.6) is 11.5 Å². The highest BCUT2D eigenvalue weighted by molar-refractivity contribution is 6.05. The molecule has 0 aliphatic carbocycles. The zero-order chi connectivity index (χ0) is 27.4. The van der Waals surface area contributed by atoms with Crippen LogP contribution in [0.4, 0.5) is 15.9 Å². The van der Waals surface area contributed by atoms with Crippen molar-refractivity contribution in [3.63, 3.8) is 0 Å². The van der Waals surface area contributed by atoms with Gasteiger partial charge in [-0.25, -0.2) is 14.1 Å². The molecular formula is C28H28FN5O4. The van der Waals surface area contributed by atoms with Gasteiger partial charge in [0.05, 0.1) is 11.4 Å². The Labute approximate surface area is 218 Å². The fourth-order valence-corrected chi connectivity index (χ4v) is 3.79. The van der Waals surface area contributed by atoms with Gasteiger partial charge in [0, 0.05) is 37.0 Å². The van der Waals surface area contributed by atoms with Crippen molar-refractivity contribution in [2.75, 3.05) is 10.6 Å². The Kier molecular flexibility index (Phi) is 7.71. The number of pyridine rings is 1. The monoisotopic (exact) mass is 517 g/mol. The Balaban J connectivity index is 1.50. The number of hydrogen-bond acceptors (Lipinski definition) is 5. The third-order valence-corrected chi connectivity index (χ3v) is 6.24. The molecule has 9 nitrogen and oxygen atoms in total. The van der Waals surface area contributed by atoms with Crippen molar-refractivity contribution in [1.29, 1.82) is 0 Å². The van der Waals surface area contributed by atoms with Gasteiger partial charge in [0.2, 0.25) is 5.91 Å². The Morgan fingerprint density at radius 3 is 2.50 bits per heavy atom. The molecule has 2 N–H and O–H groups in total.